The number of hydrogen-bond donors (Lipinski definition) is 0. The Morgan fingerprint density at radius 2 is 1.77 bits per heavy atom. The van der Waals surface area contributed by atoms with Gasteiger partial charge in [0.15, 0.2) is 11.6 Å². The Hall–Kier alpha value is -2.79. The van der Waals surface area contributed by atoms with E-state index in [0.717, 1.165) is 16.6 Å². The lowest BCUT2D eigenvalue weighted by atomic mass is 10.1. The zero-order valence-corrected chi connectivity index (χ0v) is 17.2. The Bertz CT molecular complexity index is 1270. The van der Waals surface area contributed by atoms with Crippen LogP contribution < -0.4 is 0 Å². The number of benzene rings is 1. The highest BCUT2D eigenvalue weighted by atomic mass is 35.5. The van der Waals surface area contributed by atoms with Gasteiger partial charge in [-0.05, 0) is 26.0 Å². The van der Waals surface area contributed by atoms with E-state index in [4.69, 9.17) is 11.6 Å². The molecule has 0 bridgehead atoms. The first-order chi connectivity index (χ1) is 14.3. The molecule has 0 unspecified atom stereocenters. The molecule has 4 aromatic rings. The van der Waals surface area contributed by atoms with Crippen LogP contribution in [0.3, 0.4) is 0 Å². The predicted molar refractivity (Wildman–Crippen MR) is 105 cm³/mol. The van der Waals surface area contributed by atoms with Crippen LogP contribution in [-0.2, 0) is 12.7 Å². The molecule has 1 aliphatic heterocycles. The maximum Gasteiger partial charge on any atom is 0.417 e. The van der Waals surface area contributed by atoms with Gasteiger partial charge in [0, 0.05) is 12.1 Å². The summed E-state index contributed by atoms with van der Waals surface area (Å²) in [6.45, 7) is 4.34. The van der Waals surface area contributed by atoms with Gasteiger partial charge in [0.1, 0.15) is 0 Å². The Morgan fingerprint density at radius 3 is 2.47 bits per heavy atom. The maximum absolute atomic E-state index is 13.3. The first kappa shape index (κ1) is 19.2. The summed E-state index contributed by atoms with van der Waals surface area (Å²) in [6.07, 6.45) is -4.56. The standard InChI is InChI=1S/C18H13ClF3N7S/c1-8-6-28-15(13-9(2)23-7-30-13)25-26-16(28)17-27-24-14(29(8)17)10-4-3-5-11(12(10)19)18(20,21)22/h3-5,7-8H,6H2,1-2H3/t8-/m0/s1. The predicted octanol–water partition coefficient (Wildman–Crippen LogP) is 4.88. The van der Waals surface area contributed by atoms with E-state index in [0.29, 0.717) is 24.0 Å². The van der Waals surface area contributed by atoms with Crippen molar-refractivity contribution in [2.24, 2.45) is 0 Å². The average molecular weight is 452 g/mol. The molecule has 0 radical (unpaired) electrons. The summed E-state index contributed by atoms with van der Waals surface area (Å²) in [7, 11) is 0. The van der Waals surface area contributed by atoms with E-state index in [9.17, 15) is 13.2 Å². The normalized spacial score (nSPS) is 15.9. The fourth-order valence-electron chi connectivity index (χ4n) is 3.64. The fraction of sp³-hybridized carbons (Fsp3) is 0.278. The van der Waals surface area contributed by atoms with Crippen molar-refractivity contribution in [2.75, 3.05) is 0 Å². The second-order valence-corrected chi connectivity index (χ2v) is 8.19. The first-order valence-electron chi connectivity index (χ1n) is 8.92. The molecular formula is C18H13ClF3N7S. The smallest absolute Gasteiger partial charge is 0.302 e. The van der Waals surface area contributed by atoms with Crippen molar-refractivity contribution in [3.05, 3.63) is 40.0 Å². The number of nitrogens with zero attached hydrogens (tertiary/aromatic N) is 7. The van der Waals surface area contributed by atoms with E-state index in [2.05, 4.69) is 25.4 Å². The SMILES string of the molecule is Cc1ncsc1-c1nnc2n1C[C@H](C)n1c(-c3cccc(C(F)(F)F)c3Cl)nnc1-2. The molecule has 4 heterocycles. The van der Waals surface area contributed by atoms with Gasteiger partial charge in [0.2, 0.25) is 11.6 Å². The van der Waals surface area contributed by atoms with Crippen LogP contribution in [0.25, 0.3) is 33.7 Å². The van der Waals surface area contributed by atoms with E-state index in [1.165, 1.54) is 23.5 Å². The zero-order chi connectivity index (χ0) is 21.2. The molecule has 1 aromatic carbocycles. The third-order valence-electron chi connectivity index (χ3n) is 5.03. The molecule has 30 heavy (non-hydrogen) atoms. The lowest BCUT2D eigenvalue weighted by Crippen LogP contribution is -2.22. The summed E-state index contributed by atoms with van der Waals surface area (Å²) in [4.78, 5) is 5.18. The molecule has 1 aliphatic rings. The number of fused-ring (bicyclic) bond motifs is 3. The van der Waals surface area contributed by atoms with Crippen molar-refractivity contribution >= 4 is 22.9 Å². The Labute approximate surface area is 177 Å². The average Bonchev–Trinajstić information content (AvgIpc) is 3.39. The molecule has 0 saturated heterocycles. The molecule has 1 atom stereocenters. The lowest BCUT2D eigenvalue weighted by molar-refractivity contribution is -0.137. The zero-order valence-electron chi connectivity index (χ0n) is 15.6. The molecule has 7 nitrogen and oxygen atoms in total. The maximum atomic E-state index is 13.3. The van der Waals surface area contributed by atoms with Gasteiger partial charge in [0.05, 0.1) is 32.7 Å². The van der Waals surface area contributed by atoms with Crippen molar-refractivity contribution in [3.63, 3.8) is 0 Å². The number of alkyl halides is 3. The quantitative estimate of drug-likeness (QED) is 0.434. The number of halogens is 4. The summed E-state index contributed by atoms with van der Waals surface area (Å²) < 4.78 is 43.6. The van der Waals surface area contributed by atoms with Crippen molar-refractivity contribution in [1.29, 1.82) is 0 Å². The van der Waals surface area contributed by atoms with E-state index in [1.807, 2.05) is 18.4 Å². The van der Waals surface area contributed by atoms with Gasteiger partial charge in [-0.1, -0.05) is 17.7 Å². The van der Waals surface area contributed by atoms with Crippen LogP contribution in [-0.4, -0.2) is 34.5 Å². The fourth-order valence-corrected chi connectivity index (χ4v) is 4.75. The van der Waals surface area contributed by atoms with Crippen LogP contribution in [0.4, 0.5) is 13.2 Å². The van der Waals surface area contributed by atoms with Gasteiger partial charge in [0.25, 0.3) is 0 Å². The third kappa shape index (κ3) is 2.76. The number of aryl methyl sites for hydroxylation is 1. The Balaban J connectivity index is 1.67. The molecule has 12 heteroatoms. The largest absolute Gasteiger partial charge is 0.417 e. The summed E-state index contributed by atoms with van der Waals surface area (Å²) in [5.41, 5.74) is 1.86. The van der Waals surface area contributed by atoms with Gasteiger partial charge in [-0.15, -0.1) is 31.7 Å². The molecule has 5 rings (SSSR count). The molecule has 0 N–H and O–H groups in total. The summed E-state index contributed by atoms with van der Waals surface area (Å²) >= 11 is 7.59. The lowest BCUT2D eigenvalue weighted by Gasteiger charge is -2.25. The topological polar surface area (TPSA) is 74.3 Å². The molecule has 154 valence electrons. The minimum atomic E-state index is -4.56. The van der Waals surface area contributed by atoms with E-state index in [1.54, 1.807) is 10.1 Å². The van der Waals surface area contributed by atoms with Crippen molar-refractivity contribution in [1.82, 2.24) is 34.5 Å². The van der Waals surface area contributed by atoms with E-state index >= 15 is 0 Å². The van der Waals surface area contributed by atoms with Crippen LogP contribution in [0.15, 0.2) is 23.7 Å². The van der Waals surface area contributed by atoms with E-state index < -0.39 is 16.8 Å². The second kappa shape index (κ2) is 6.61. The molecular weight excluding hydrogens is 439 g/mol. The van der Waals surface area contributed by atoms with Crippen LogP contribution >= 0.6 is 22.9 Å². The summed E-state index contributed by atoms with van der Waals surface area (Å²) in [6, 6.07) is 3.61. The Kier molecular flexibility index (Phi) is 4.23. The summed E-state index contributed by atoms with van der Waals surface area (Å²) in [5, 5.41) is 16.6. The molecule has 0 aliphatic carbocycles. The van der Waals surface area contributed by atoms with Crippen LogP contribution in [0.2, 0.25) is 5.02 Å². The molecule has 0 amide bonds. The van der Waals surface area contributed by atoms with Gasteiger partial charge in [-0.2, -0.15) is 13.2 Å². The number of thiazole rings is 1. The monoisotopic (exact) mass is 451 g/mol. The highest BCUT2D eigenvalue weighted by Gasteiger charge is 2.36. The Morgan fingerprint density at radius 1 is 1.07 bits per heavy atom. The van der Waals surface area contributed by atoms with Gasteiger partial charge < -0.3 is 4.57 Å². The van der Waals surface area contributed by atoms with Crippen LogP contribution in [0.5, 0.6) is 0 Å². The van der Waals surface area contributed by atoms with Gasteiger partial charge >= 0.3 is 6.18 Å². The van der Waals surface area contributed by atoms with Gasteiger partial charge in [-0.25, -0.2) is 4.98 Å². The van der Waals surface area contributed by atoms with Gasteiger partial charge in [-0.3, -0.25) is 4.57 Å². The first-order valence-corrected chi connectivity index (χ1v) is 10.2. The molecule has 0 saturated carbocycles. The minimum Gasteiger partial charge on any atom is -0.302 e. The third-order valence-corrected chi connectivity index (χ3v) is 6.36. The van der Waals surface area contributed by atoms with Crippen LogP contribution in [0.1, 0.15) is 24.2 Å². The number of rotatable bonds is 2. The van der Waals surface area contributed by atoms with Crippen molar-refractivity contribution in [3.8, 4) is 33.7 Å². The summed E-state index contributed by atoms with van der Waals surface area (Å²) in [5.74, 6) is 1.87. The van der Waals surface area contributed by atoms with Crippen molar-refractivity contribution in [2.45, 2.75) is 32.6 Å². The highest BCUT2D eigenvalue weighted by molar-refractivity contribution is 7.13. The minimum absolute atomic E-state index is 0.161. The molecule has 3 aromatic heterocycles. The molecule has 0 fully saturated rings. The highest BCUT2D eigenvalue weighted by Crippen LogP contribution is 2.42. The second-order valence-electron chi connectivity index (χ2n) is 6.96. The van der Waals surface area contributed by atoms with E-state index in [-0.39, 0.29) is 17.4 Å². The van der Waals surface area contributed by atoms with Crippen LogP contribution in [0, 0.1) is 6.92 Å². The number of aromatic nitrogens is 7. The van der Waals surface area contributed by atoms with Crippen molar-refractivity contribution < 1.29 is 13.2 Å². The number of hydrogen-bond acceptors (Lipinski definition) is 6. The molecule has 0 spiro atoms.